The third-order valence-corrected chi connectivity index (χ3v) is 4.49. The van der Waals surface area contributed by atoms with Crippen LogP contribution in [0.3, 0.4) is 0 Å². The van der Waals surface area contributed by atoms with Gasteiger partial charge in [0.25, 0.3) is 0 Å². The van der Waals surface area contributed by atoms with Crippen molar-refractivity contribution in [1.29, 1.82) is 0 Å². The standard InChI is InChI=1S/C16H14ClFOS/c1-11-8-13(18)7-6-12(11)9-14(19)10-20-16-5-3-2-4-15(16)17/h2-8H,9-10H2,1H3. The minimum absolute atomic E-state index is 0.102. The molecule has 0 fully saturated rings. The smallest absolute Gasteiger partial charge is 0.147 e. The van der Waals surface area contributed by atoms with Gasteiger partial charge in [0.15, 0.2) is 0 Å². The second-order valence-corrected chi connectivity index (χ2v) is 5.93. The minimum Gasteiger partial charge on any atom is -0.298 e. The molecule has 2 rings (SSSR count). The molecule has 0 bridgehead atoms. The molecule has 20 heavy (non-hydrogen) atoms. The number of carbonyl (C=O) groups excluding carboxylic acids is 1. The fraction of sp³-hybridized carbons (Fsp3) is 0.188. The molecule has 2 aromatic carbocycles. The highest BCUT2D eigenvalue weighted by atomic mass is 35.5. The van der Waals surface area contributed by atoms with Crippen LogP contribution in [0, 0.1) is 12.7 Å². The molecular formula is C16H14ClFOS. The molecule has 0 aliphatic rings. The Kier molecular flexibility index (Phi) is 5.21. The Morgan fingerprint density at radius 3 is 2.70 bits per heavy atom. The highest BCUT2D eigenvalue weighted by Gasteiger charge is 2.09. The summed E-state index contributed by atoms with van der Waals surface area (Å²) in [7, 11) is 0. The first-order valence-electron chi connectivity index (χ1n) is 6.20. The Bertz CT molecular complexity index is 628. The van der Waals surface area contributed by atoms with E-state index in [2.05, 4.69) is 0 Å². The van der Waals surface area contributed by atoms with Crippen molar-refractivity contribution in [2.75, 3.05) is 5.75 Å². The molecule has 0 heterocycles. The van der Waals surface area contributed by atoms with Crippen LogP contribution < -0.4 is 0 Å². The first kappa shape index (κ1) is 15.1. The number of halogens is 2. The summed E-state index contributed by atoms with van der Waals surface area (Å²) in [6, 6.07) is 11.9. The van der Waals surface area contributed by atoms with E-state index in [9.17, 15) is 9.18 Å². The van der Waals surface area contributed by atoms with E-state index in [0.717, 1.165) is 16.0 Å². The van der Waals surface area contributed by atoms with Gasteiger partial charge < -0.3 is 0 Å². The monoisotopic (exact) mass is 308 g/mol. The molecule has 104 valence electrons. The van der Waals surface area contributed by atoms with Gasteiger partial charge in [-0.1, -0.05) is 29.8 Å². The summed E-state index contributed by atoms with van der Waals surface area (Å²) in [5.74, 6) is 0.189. The zero-order valence-corrected chi connectivity index (χ0v) is 12.6. The minimum atomic E-state index is -0.274. The largest absolute Gasteiger partial charge is 0.298 e. The molecule has 2 aromatic rings. The first-order valence-corrected chi connectivity index (χ1v) is 7.56. The van der Waals surface area contributed by atoms with Crippen LogP contribution >= 0.6 is 23.4 Å². The van der Waals surface area contributed by atoms with Crippen LogP contribution in [-0.2, 0) is 11.2 Å². The third-order valence-electron chi connectivity index (χ3n) is 2.92. The molecule has 0 saturated carbocycles. The molecule has 1 nitrogen and oxygen atoms in total. The number of hydrogen-bond acceptors (Lipinski definition) is 2. The van der Waals surface area contributed by atoms with E-state index in [4.69, 9.17) is 11.6 Å². The fourth-order valence-corrected chi connectivity index (χ4v) is 2.94. The van der Waals surface area contributed by atoms with E-state index < -0.39 is 0 Å². The van der Waals surface area contributed by atoms with Crippen molar-refractivity contribution in [3.8, 4) is 0 Å². The summed E-state index contributed by atoms with van der Waals surface area (Å²) in [6.07, 6.45) is 0.323. The number of aryl methyl sites for hydroxylation is 1. The van der Waals surface area contributed by atoms with Gasteiger partial charge in [0.05, 0.1) is 10.8 Å². The number of carbonyl (C=O) groups is 1. The van der Waals surface area contributed by atoms with Crippen molar-refractivity contribution in [2.45, 2.75) is 18.2 Å². The summed E-state index contributed by atoms with van der Waals surface area (Å²) >= 11 is 7.46. The molecule has 0 aliphatic carbocycles. The predicted octanol–water partition coefficient (Wildman–Crippen LogP) is 4.69. The maximum absolute atomic E-state index is 13.0. The summed E-state index contributed by atoms with van der Waals surface area (Å²) in [5.41, 5.74) is 1.68. The van der Waals surface area contributed by atoms with E-state index in [-0.39, 0.29) is 11.6 Å². The molecule has 0 amide bonds. The lowest BCUT2D eigenvalue weighted by Gasteiger charge is -2.06. The van der Waals surface area contributed by atoms with E-state index >= 15 is 0 Å². The van der Waals surface area contributed by atoms with Crippen LogP contribution in [-0.4, -0.2) is 11.5 Å². The van der Waals surface area contributed by atoms with Crippen molar-refractivity contribution >= 4 is 29.1 Å². The van der Waals surface area contributed by atoms with Gasteiger partial charge in [-0.15, -0.1) is 11.8 Å². The maximum atomic E-state index is 13.0. The number of ketones is 1. The van der Waals surface area contributed by atoms with Crippen LogP contribution in [0.1, 0.15) is 11.1 Å². The molecule has 0 radical (unpaired) electrons. The van der Waals surface area contributed by atoms with Gasteiger partial charge >= 0.3 is 0 Å². The Labute approximate surface area is 127 Å². The molecule has 0 atom stereocenters. The number of Topliss-reactive ketones (excluding diaryl/α,β-unsaturated/α-hetero) is 1. The molecule has 0 spiro atoms. The molecule has 0 aromatic heterocycles. The van der Waals surface area contributed by atoms with E-state index in [1.165, 1.54) is 23.9 Å². The Morgan fingerprint density at radius 2 is 2.00 bits per heavy atom. The molecule has 0 aliphatic heterocycles. The second kappa shape index (κ2) is 6.91. The SMILES string of the molecule is Cc1cc(F)ccc1CC(=O)CSc1ccccc1Cl. The van der Waals surface area contributed by atoms with Crippen molar-refractivity contribution < 1.29 is 9.18 Å². The fourth-order valence-electron chi connectivity index (χ4n) is 1.84. The lowest BCUT2D eigenvalue weighted by molar-refractivity contribution is -0.116. The van der Waals surface area contributed by atoms with Crippen molar-refractivity contribution in [3.63, 3.8) is 0 Å². The van der Waals surface area contributed by atoms with Gasteiger partial charge in [-0.05, 0) is 42.3 Å². The van der Waals surface area contributed by atoms with Crippen LogP contribution in [0.5, 0.6) is 0 Å². The molecule has 0 unspecified atom stereocenters. The predicted molar refractivity (Wildman–Crippen MR) is 82.0 cm³/mol. The average molecular weight is 309 g/mol. The van der Waals surface area contributed by atoms with Crippen molar-refractivity contribution in [2.24, 2.45) is 0 Å². The lowest BCUT2D eigenvalue weighted by Crippen LogP contribution is -2.07. The van der Waals surface area contributed by atoms with Crippen LogP contribution in [0.25, 0.3) is 0 Å². The van der Waals surface area contributed by atoms with Gasteiger partial charge in [-0.25, -0.2) is 4.39 Å². The highest BCUT2D eigenvalue weighted by molar-refractivity contribution is 8.00. The second-order valence-electron chi connectivity index (χ2n) is 4.51. The average Bonchev–Trinajstić information content (AvgIpc) is 2.41. The van der Waals surface area contributed by atoms with Gasteiger partial charge in [0.1, 0.15) is 11.6 Å². The highest BCUT2D eigenvalue weighted by Crippen LogP contribution is 2.26. The summed E-state index contributed by atoms with van der Waals surface area (Å²) in [4.78, 5) is 12.9. The Morgan fingerprint density at radius 1 is 1.25 bits per heavy atom. The van der Waals surface area contributed by atoms with Crippen LogP contribution in [0.15, 0.2) is 47.4 Å². The molecule has 0 saturated heterocycles. The number of thioether (sulfide) groups is 1. The van der Waals surface area contributed by atoms with Gasteiger partial charge in [-0.2, -0.15) is 0 Å². The number of hydrogen-bond donors (Lipinski definition) is 0. The van der Waals surface area contributed by atoms with Gasteiger partial charge in [-0.3, -0.25) is 4.79 Å². The molecule has 0 N–H and O–H groups in total. The van der Waals surface area contributed by atoms with Crippen molar-refractivity contribution in [1.82, 2.24) is 0 Å². The van der Waals surface area contributed by atoms with Crippen LogP contribution in [0.4, 0.5) is 4.39 Å². The first-order chi connectivity index (χ1) is 9.56. The third kappa shape index (κ3) is 4.09. The van der Waals surface area contributed by atoms with Crippen molar-refractivity contribution in [3.05, 3.63) is 64.4 Å². The van der Waals surface area contributed by atoms with E-state index in [1.54, 1.807) is 12.1 Å². The summed E-state index contributed by atoms with van der Waals surface area (Å²) in [5, 5.41) is 0.656. The van der Waals surface area contributed by atoms with Gasteiger partial charge in [0, 0.05) is 11.3 Å². The zero-order chi connectivity index (χ0) is 14.5. The summed E-state index contributed by atoms with van der Waals surface area (Å²) in [6.45, 7) is 1.81. The van der Waals surface area contributed by atoms with Crippen LogP contribution in [0.2, 0.25) is 5.02 Å². The maximum Gasteiger partial charge on any atom is 0.147 e. The Hall–Kier alpha value is -1.32. The zero-order valence-electron chi connectivity index (χ0n) is 11.0. The topological polar surface area (TPSA) is 17.1 Å². The lowest BCUT2D eigenvalue weighted by atomic mass is 10.0. The number of benzene rings is 2. The van der Waals surface area contributed by atoms with Gasteiger partial charge in [0.2, 0.25) is 0 Å². The number of rotatable bonds is 5. The Balaban J connectivity index is 1.94. The van der Waals surface area contributed by atoms with E-state index in [0.29, 0.717) is 17.2 Å². The summed E-state index contributed by atoms with van der Waals surface area (Å²) < 4.78 is 13.0. The van der Waals surface area contributed by atoms with E-state index in [1.807, 2.05) is 25.1 Å². The molecular weight excluding hydrogens is 295 g/mol. The normalized spacial score (nSPS) is 10.6. The quantitative estimate of drug-likeness (QED) is 0.745. The molecule has 4 heteroatoms.